The average Bonchev–Trinajstić information content (AvgIpc) is 2.80. The average molecular weight is 331 g/mol. The summed E-state index contributed by atoms with van der Waals surface area (Å²) in [5.74, 6) is -0.204. The lowest BCUT2D eigenvalue weighted by Crippen LogP contribution is -2.48. The number of rotatable bonds is 4. The minimum absolute atomic E-state index is 0.289. The number of ether oxygens (including phenoxy) is 1. The first-order valence-corrected chi connectivity index (χ1v) is 8.13. The number of carbonyl (C=O) groups excluding carboxylic acids is 3. The van der Waals surface area contributed by atoms with Gasteiger partial charge in [-0.3, -0.25) is 14.5 Å². The molecule has 0 bridgehead atoms. The summed E-state index contributed by atoms with van der Waals surface area (Å²) in [6.45, 7) is -0.301. The van der Waals surface area contributed by atoms with Crippen LogP contribution in [0, 0.1) is 0 Å². The number of para-hydroxylation sites is 2. The predicted octanol–water partition coefficient (Wildman–Crippen LogP) is 1.89. The van der Waals surface area contributed by atoms with Crippen molar-refractivity contribution >= 4 is 23.5 Å². The second-order valence-corrected chi connectivity index (χ2v) is 6.21. The molecule has 1 heterocycles. The van der Waals surface area contributed by atoms with Gasteiger partial charge in [0, 0.05) is 0 Å². The van der Waals surface area contributed by atoms with E-state index in [1.54, 1.807) is 24.3 Å². The molecule has 1 aromatic carbocycles. The predicted molar refractivity (Wildman–Crippen MR) is 87.7 cm³/mol. The first kappa shape index (κ1) is 16.3. The van der Waals surface area contributed by atoms with Crippen LogP contribution in [0.3, 0.4) is 0 Å². The first-order chi connectivity index (χ1) is 11.6. The molecule has 1 aromatic rings. The summed E-state index contributed by atoms with van der Waals surface area (Å²) < 4.78 is 5.17. The molecule has 2 fully saturated rings. The Morgan fingerprint density at radius 2 is 1.96 bits per heavy atom. The van der Waals surface area contributed by atoms with E-state index in [9.17, 15) is 14.4 Å². The van der Waals surface area contributed by atoms with E-state index in [1.165, 1.54) is 7.11 Å². The molecule has 1 aliphatic heterocycles. The summed E-state index contributed by atoms with van der Waals surface area (Å²) >= 11 is 0. The number of nitrogens with one attached hydrogen (secondary N) is 2. The number of methoxy groups -OCH3 is 1. The lowest BCUT2D eigenvalue weighted by Gasteiger charge is -2.30. The van der Waals surface area contributed by atoms with Crippen LogP contribution in [0.15, 0.2) is 24.3 Å². The van der Waals surface area contributed by atoms with Crippen LogP contribution in [0.5, 0.6) is 5.75 Å². The number of anilines is 1. The van der Waals surface area contributed by atoms with E-state index < -0.39 is 17.5 Å². The Morgan fingerprint density at radius 3 is 2.67 bits per heavy atom. The SMILES string of the molecule is COc1ccccc1NC(=O)CN1C(=O)NC2(CCCCC2)C1=O. The van der Waals surface area contributed by atoms with Gasteiger partial charge in [0.1, 0.15) is 17.8 Å². The molecule has 128 valence electrons. The standard InChI is InChI=1S/C17H21N3O4/c1-24-13-8-4-3-7-12(13)18-14(21)11-20-15(22)17(19-16(20)23)9-5-2-6-10-17/h3-4,7-8H,2,5-6,9-11H2,1H3,(H,18,21)(H,19,23). The Labute approximate surface area is 140 Å². The fourth-order valence-electron chi connectivity index (χ4n) is 3.40. The Kier molecular flexibility index (Phi) is 4.42. The maximum atomic E-state index is 12.6. The summed E-state index contributed by atoms with van der Waals surface area (Å²) in [5, 5.41) is 5.48. The maximum absolute atomic E-state index is 12.6. The van der Waals surface area contributed by atoms with Gasteiger partial charge in [-0.25, -0.2) is 4.79 Å². The largest absolute Gasteiger partial charge is 0.495 e. The Hall–Kier alpha value is -2.57. The Morgan fingerprint density at radius 1 is 1.25 bits per heavy atom. The molecule has 2 N–H and O–H groups in total. The van der Waals surface area contributed by atoms with Crippen molar-refractivity contribution in [3.63, 3.8) is 0 Å². The molecule has 1 saturated heterocycles. The van der Waals surface area contributed by atoms with E-state index in [0.717, 1.165) is 24.2 Å². The molecule has 0 atom stereocenters. The van der Waals surface area contributed by atoms with Crippen LogP contribution < -0.4 is 15.4 Å². The van der Waals surface area contributed by atoms with Gasteiger partial charge in [-0.1, -0.05) is 31.4 Å². The lowest BCUT2D eigenvalue weighted by molar-refractivity contribution is -0.134. The molecular formula is C17H21N3O4. The van der Waals surface area contributed by atoms with E-state index in [2.05, 4.69) is 10.6 Å². The Bertz CT molecular complexity index is 668. The minimum atomic E-state index is -0.806. The van der Waals surface area contributed by atoms with Crippen molar-refractivity contribution in [2.75, 3.05) is 19.0 Å². The van der Waals surface area contributed by atoms with Crippen LogP contribution in [-0.2, 0) is 9.59 Å². The third-order valence-electron chi connectivity index (χ3n) is 4.64. The Balaban J connectivity index is 1.68. The van der Waals surface area contributed by atoms with Crippen molar-refractivity contribution in [2.45, 2.75) is 37.6 Å². The summed E-state index contributed by atoms with van der Waals surface area (Å²) in [5.41, 5.74) is -0.301. The highest BCUT2D eigenvalue weighted by molar-refractivity contribution is 6.10. The number of nitrogens with zero attached hydrogens (tertiary/aromatic N) is 1. The molecule has 1 aliphatic carbocycles. The molecule has 0 unspecified atom stereocenters. The number of carbonyl (C=O) groups is 3. The quantitative estimate of drug-likeness (QED) is 0.825. The number of hydrogen-bond donors (Lipinski definition) is 2. The van der Waals surface area contributed by atoms with Gasteiger partial charge < -0.3 is 15.4 Å². The lowest BCUT2D eigenvalue weighted by atomic mass is 9.82. The monoisotopic (exact) mass is 331 g/mol. The smallest absolute Gasteiger partial charge is 0.325 e. The fourth-order valence-corrected chi connectivity index (χ4v) is 3.40. The van der Waals surface area contributed by atoms with Gasteiger partial charge in [0.25, 0.3) is 5.91 Å². The topological polar surface area (TPSA) is 87.7 Å². The van der Waals surface area contributed by atoms with Crippen LogP contribution in [0.2, 0.25) is 0 Å². The third-order valence-corrected chi connectivity index (χ3v) is 4.64. The summed E-state index contributed by atoms with van der Waals surface area (Å²) in [6, 6.07) is 6.49. The third kappa shape index (κ3) is 2.93. The molecule has 7 nitrogen and oxygen atoms in total. The van der Waals surface area contributed by atoms with E-state index in [4.69, 9.17) is 4.74 Å². The van der Waals surface area contributed by atoms with Crippen molar-refractivity contribution in [2.24, 2.45) is 0 Å². The van der Waals surface area contributed by atoms with Crippen LogP contribution in [0.1, 0.15) is 32.1 Å². The zero-order chi connectivity index (χ0) is 17.2. The van der Waals surface area contributed by atoms with E-state index >= 15 is 0 Å². The van der Waals surface area contributed by atoms with Crippen molar-refractivity contribution in [3.05, 3.63) is 24.3 Å². The molecule has 2 aliphatic rings. The normalized spacial score (nSPS) is 19.3. The fraction of sp³-hybridized carbons (Fsp3) is 0.471. The molecule has 3 rings (SSSR count). The molecule has 4 amide bonds. The van der Waals surface area contributed by atoms with Gasteiger partial charge in [0.05, 0.1) is 12.8 Å². The van der Waals surface area contributed by atoms with Crippen molar-refractivity contribution in [1.29, 1.82) is 0 Å². The van der Waals surface area contributed by atoms with Crippen LogP contribution >= 0.6 is 0 Å². The van der Waals surface area contributed by atoms with E-state index in [0.29, 0.717) is 24.3 Å². The zero-order valence-electron chi connectivity index (χ0n) is 13.6. The number of benzene rings is 1. The first-order valence-electron chi connectivity index (χ1n) is 8.13. The molecule has 1 saturated carbocycles. The highest BCUT2D eigenvalue weighted by atomic mass is 16.5. The highest BCUT2D eigenvalue weighted by Crippen LogP contribution is 2.33. The van der Waals surface area contributed by atoms with Crippen LogP contribution in [0.4, 0.5) is 10.5 Å². The summed E-state index contributed by atoms with van der Waals surface area (Å²) in [4.78, 5) is 38.1. The van der Waals surface area contributed by atoms with Gasteiger partial charge in [-0.2, -0.15) is 0 Å². The summed E-state index contributed by atoms with van der Waals surface area (Å²) in [7, 11) is 1.51. The van der Waals surface area contributed by atoms with Gasteiger partial charge in [-0.05, 0) is 25.0 Å². The van der Waals surface area contributed by atoms with E-state index in [-0.39, 0.29) is 12.5 Å². The molecule has 0 aromatic heterocycles. The van der Waals surface area contributed by atoms with Crippen molar-refractivity contribution in [3.8, 4) is 5.75 Å². The number of hydrogen-bond acceptors (Lipinski definition) is 4. The second kappa shape index (κ2) is 6.51. The minimum Gasteiger partial charge on any atom is -0.495 e. The van der Waals surface area contributed by atoms with Gasteiger partial charge >= 0.3 is 6.03 Å². The molecular weight excluding hydrogens is 310 g/mol. The molecule has 1 spiro atoms. The number of urea groups is 1. The van der Waals surface area contributed by atoms with Gasteiger partial charge in [-0.15, -0.1) is 0 Å². The second-order valence-electron chi connectivity index (χ2n) is 6.21. The highest BCUT2D eigenvalue weighted by Gasteiger charge is 2.51. The number of amides is 4. The van der Waals surface area contributed by atoms with Crippen molar-refractivity contribution in [1.82, 2.24) is 10.2 Å². The summed E-state index contributed by atoms with van der Waals surface area (Å²) in [6.07, 6.45) is 4.17. The molecule has 24 heavy (non-hydrogen) atoms. The van der Waals surface area contributed by atoms with Gasteiger partial charge in [0.15, 0.2) is 0 Å². The number of imide groups is 1. The van der Waals surface area contributed by atoms with Crippen LogP contribution in [-0.4, -0.2) is 41.9 Å². The van der Waals surface area contributed by atoms with E-state index in [1.807, 2.05) is 0 Å². The zero-order valence-corrected chi connectivity index (χ0v) is 13.6. The maximum Gasteiger partial charge on any atom is 0.325 e. The molecule has 7 heteroatoms. The van der Waals surface area contributed by atoms with Crippen molar-refractivity contribution < 1.29 is 19.1 Å². The van der Waals surface area contributed by atoms with Crippen LogP contribution in [0.25, 0.3) is 0 Å². The van der Waals surface area contributed by atoms with Gasteiger partial charge in [0.2, 0.25) is 5.91 Å². The molecule has 0 radical (unpaired) electrons.